The summed E-state index contributed by atoms with van der Waals surface area (Å²) in [6.45, 7) is 2.43. The van der Waals surface area contributed by atoms with Crippen molar-refractivity contribution >= 4 is 43.3 Å². The fourth-order valence-corrected chi connectivity index (χ4v) is 5.55. The molecule has 0 aliphatic heterocycles. The van der Waals surface area contributed by atoms with Gasteiger partial charge in [-0.1, -0.05) is 13.3 Å². The molecule has 0 amide bonds. The van der Waals surface area contributed by atoms with E-state index in [0.29, 0.717) is 10.3 Å². The van der Waals surface area contributed by atoms with Crippen molar-refractivity contribution < 1.29 is 18.3 Å². The Morgan fingerprint density at radius 2 is 2.21 bits per heavy atom. The van der Waals surface area contributed by atoms with Gasteiger partial charge in [0, 0.05) is 6.54 Å². The van der Waals surface area contributed by atoms with Crippen LogP contribution in [0, 0.1) is 5.41 Å². The number of rotatable bonds is 5. The van der Waals surface area contributed by atoms with Gasteiger partial charge in [0.15, 0.2) is 0 Å². The molecule has 19 heavy (non-hydrogen) atoms. The van der Waals surface area contributed by atoms with E-state index >= 15 is 0 Å². The van der Waals surface area contributed by atoms with Crippen LogP contribution in [0.1, 0.15) is 35.9 Å². The molecular formula is C11H14BrNO4S2. The first kappa shape index (κ1) is 15.0. The molecule has 1 aromatic rings. The van der Waals surface area contributed by atoms with Crippen molar-refractivity contribution in [3.8, 4) is 0 Å². The summed E-state index contributed by atoms with van der Waals surface area (Å²) in [6, 6.07) is 1.18. The molecule has 1 aliphatic rings. The molecule has 1 heterocycles. The van der Waals surface area contributed by atoms with E-state index < -0.39 is 16.0 Å². The molecule has 0 saturated heterocycles. The fourth-order valence-electron chi connectivity index (χ4n) is 1.94. The highest BCUT2D eigenvalue weighted by Gasteiger charge is 2.33. The standard InChI is InChI=1S/C11H14BrNO4S2/c1-11(3-2-4-11)6-13-19(16,17)8-5-7(10(14)15)18-9(8)12/h5,13H,2-4,6H2,1H3,(H,14,15). The van der Waals surface area contributed by atoms with Crippen LogP contribution in [0.4, 0.5) is 0 Å². The van der Waals surface area contributed by atoms with E-state index in [9.17, 15) is 13.2 Å². The summed E-state index contributed by atoms with van der Waals surface area (Å²) >= 11 is 4.01. The van der Waals surface area contributed by atoms with E-state index in [0.717, 1.165) is 30.6 Å². The zero-order valence-corrected chi connectivity index (χ0v) is 13.5. The molecule has 0 unspecified atom stereocenters. The molecule has 0 aromatic carbocycles. The number of halogens is 1. The molecule has 106 valence electrons. The summed E-state index contributed by atoms with van der Waals surface area (Å²) in [7, 11) is -3.66. The normalized spacial score (nSPS) is 18.0. The minimum Gasteiger partial charge on any atom is -0.477 e. The highest BCUT2D eigenvalue weighted by molar-refractivity contribution is 9.11. The van der Waals surface area contributed by atoms with E-state index in [-0.39, 0.29) is 15.2 Å². The number of hydrogen-bond acceptors (Lipinski definition) is 4. The first-order chi connectivity index (χ1) is 8.73. The Morgan fingerprint density at radius 1 is 1.58 bits per heavy atom. The van der Waals surface area contributed by atoms with Crippen LogP contribution in [0.15, 0.2) is 14.7 Å². The Morgan fingerprint density at radius 3 is 2.63 bits per heavy atom. The third-order valence-electron chi connectivity index (χ3n) is 3.41. The number of carboxylic acids is 1. The van der Waals surface area contributed by atoms with Gasteiger partial charge in [0.1, 0.15) is 9.77 Å². The summed E-state index contributed by atoms with van der Waals surface area (Å²) < 4.78 is 27.2. The Kier molecular flexibility index (Phi) is 4.06. The third kappa shape index (κ3) is 3.18. The zero-order chi connectivity index (χ0) is 14.3. The number of nitrogens with one attached hydrogen (secondary N) is 1. The lowest BCUT2D eigenvalue weighted by molar-refractivity contribution is 0.0702. The average molecular weight is 368 g/mol. The van der Waals surface area contributed by atoms with Gasteiger partial charge < -0.3 is 5.11 Å². The SMILES string of the molecule is CC1(CNS(=O)(=O)c2cc(C(=O)O)sc2Br)CCC1. The monoisotopic (exact) mass is 367 g/mol. The highest BCUT2D eigenvalue weighted by Crippen LogP contribution is 2.40. The molecule has 5 nitrogen and oxygen atoms in total. The average Bonchev–Trinajstić information content (AvgIpc) is 2.67. The van der Waals surface area contributed by atoms with E-state index in [1.807, 2.05) is 6.92 Å². The summed E-state index contributed by atoms with van der Waals surface area (Å²) in [5, 5.41) is 8.87. The summed E-state index contributed by atoms with van der Waals surface area (Å²) in [4.78, 5) is 10.8. The maximum atomic E-state index is 12.1. The van der Waals surface area contributed by atoms with Crippen molar-refractivity contribution in [1.82, 2.24) is 4.72 Å². The van der Waals surface area contributed by atoms with Gasteiger partial charge in [-0.05, 0) is 40.3 Å². The molecule has 0 atom stereocenters. The number of aromatic carboxylic acids is 1. The second-order valence-corrected chi connectivity index (χ2v) is 9.15. The van der Waals surface area contributed by atoms with Crippen molar-refractivity contribution in [1.29, 1.82) is 0 Å². The molecule has 1 fully saturated rings. The van der Waals surface area contributed by atoms with Gasteiger partial charge in [0.25, 0.3) is 0 Å². The molecule has 0 spiro atoms. The van der Waals surface area contributed by atoms with Crippen molar-refractivity contribution in [3.05, 3.63) is 14.7 Å². The summed E-state index contributed by atoms with van der Waals surface area (Å²) in [5.74, 6) is -1.13. The lowest BCUT2D eigenvalue weighted by Gasteiger charge is -2.38. The number of hydrogen-bond donors (Lipinski definition) is 2. The molecule has 1 aliphatic carbocycles. The zero-order valence-electron chi connectivity index (χ0n) is 10.3. The third-order valence-corrected chi connectivity index (χ3v) is 7.05. The van der Waals surface area contributed by atoms with Gasteiger partial charge in [-0.3, -0.25) is 0 Å². The minimum absolute atomic E-state index is 0.00195. The second-order valence-electron chi connectivity index (χ2n) is 5.04. The molecule has 1 aromatic heterocycles. The van der Waals surface area contributed by atoms with Crippen LogP contribution in [0.5, 0.6) is 0 Å². The van der Waals surface area contributed by atoms with E-state index in [1.54, 1.807) is 0 Å². The van der Waals surface area contributed by atoms with Gasteiger partial charge >= 0.3 is 5.97 Å². The molecule has 0 bridgehead atoms. The number of thiophene rings is 1. The molecule has 2 rings (SSSR count). The number of carbonyl (C=O) groups is 1. The van der Waals surface area contributed by atoms with Crippen molar-refractivity contribution in [2.45, 2.75) is 31.1 Å². The molecule has 1 saturated carbocycles. The lowest BCUT2D eigenvalue weighted by Crippen LogP contribution is -2.39. The van der Waals surface area contributed by atoms with E-state index in [4.69, 9.17) is 5.11 Å². The van der Waals surface area contributed by atoms with Crippen molar-refractivity contribution in [3.63, 3.8) is 0 Å². The maximum absolute atomic E-state index is 12.1. The molecule has 2 N–H and O–H groups in total. The summed E-state index contributed by atoms with van der Waals surface area (Å²) in [6.07, 6.45) is 3.16. The Hall–Kier alpha value is -0.440. The Labute approximate surface area is 124 Å². The van der Waals surface area contributed by atoms with E-state index in [1.165, 1.54) is 6.07 Å². The number of sulfonamides is 1. The topological polar surface area (TPSA) is 83.5 Å². The van der Waals surface area contributed by atoms with Crippen LogP contribution in [0.2, 0.25) is 0 Å². The van der Waals surface area contributed by atoms with Crippen molar-refractivity contribution in [2.75, 3.05) is 6.54 Å². The fraction of sp³-hybridized carbons (Fsp3) is 0.545. The van der Waals surface area contributed by atoms with Gasteiger partial charge in [-0.25, -0.2) is 17.9 Å². The van der Waals surface area contributed by atoms with Crippen molar-refractivity contribution in [2.24, 2.45) is 5.41 Å². The van der Waals surface area contributed by atoms with Crippen LogP contribution in [0.3, 0.4) is 0 Å². The Balaban J connectivity index is 2.17. The van der Waals surface area contributed by atoms with Gasteiger partial charge in [-0.2, -0.15) is 0 Å². The Bertz CT molecular complexity index is 604. The van der Waals surface area contributed by atoms with Crippen LogP contribution < -0.4 is 4.72 Å². The largest absolute Gasteiger partial charge is 0.477 e. The second kappa shape index (κ2) is 5.16. The van der Waals surface area contributed by atoms with Crippen LogP contribution >= 0.6 is 27.3 Å². The molecule has 0 radical (unpaired) electrons. The van der Waals surface area contributed by atoms with E-state index in [2.05, 4.69) is 20.7 Å². The van der Waals surface area contributed by atoms with Gasteiger partial charge in [0.05, 0.1) is 3.79 Å². The first-order valence-electron chi connectivity index (χ1n) is 5.76. The summed E-state index contributed by atoms with van der Waals surface area (Å²) in [5.41, 5.74) is 0.0329. The van der Waals surface area contributed by atoms with Gasteiger partial charge in [0.2, 0.25) is 10.0 Å². The predicted octanol–water partition coefficient (Wildman–Crippen LogP) is 2.68. The lowest BCUT2D eigenvalue weighted by atomic mass is 9.71. The highest BCUT2D eigenvalue weighted by atomic mass is 79.9. The number of carboxylic acid groups (broad SMARTS) is 1. The van der Waals surface area contributed by atoms with Crippen LogP contribution in [-0.2, 0) is 10.0 Å². The first-order valence-corrected chi connectivity index (χ1v) is 8.85. The van der Waals surface area contributed by atoms with Crippen LogP contribution in [0.25, 0.3) is 0 Å². The minimum atomic E-state index is -3.66. The molecule has 8 heteroatoms. The smallest absolute Gasteiger partial charge is 0.345 e. The maximum Gasteiger partial charge on any atom is 0.345 e. The van der Waals surface area contributed by atoms with Gasteiger partial charge in [-0.15, -0.1) is 11.3 Å². The molecular weight excluding hydrogens is 354 g/mol. The predicted molar refractivity (Wildman–Crippen MR) is 76.1 cm³/mol. The quantitative estimate of drug-likeness (QED) is 0.837. The van der Waals surface area contributed by atoms with Crippen LogP contribution in [-0.4, -0.2) is 26.0 Å².